The van der Waals surface area contributed by atoms with E-state index in [1.165, 1.54) is 0 Å². The number of hydrogen-bond donors (Lipinski definition) is 0. The topological polar surface area (TPSA) is 13.1 Å². The Bertz CT molecular complexity index is 457. The molecule has 1 nitrogen and oxygen atoms in total. The zero-order chi connectivity index (χ0) is 11.2. The van der Waals surface area contributed by atoms with Crippen LogP contribution in [0.15, 0.2) is 53.0 Å². The van der Waals surface area contributed by atoms with Gasteiger partial charge in [0.2, 0.25) is 0 Å². The molecule has 0 saturated carbocycles. The standard InChI is InChI=1S/C14H14OS/c1-16-11-5-8-13-9-10-14(15-13)12-6-3-2-4-7-12/h2-10H,11H2,1H3/b8-5+. The molecule has 0 amide bonds. The summed E-state index contributed by atoms with van der Waals surface area (Å²) in [5, 5.41) is 0. The lowest BCUT2D eigenvalue weighted by atomic mass is 10.2. The maximum Gasteiger partial charge on any atom is 0.134 e. The second-order valence-corrected chi connectivity index (χ2v) is 4.34. The Balaban J connectivity index is 2.14. The fraction of sp³-hybridized carbons (Fsp3) is 0.143. The fourth-order valence-corrected chi connectivity index (χ4v) is 1.75. The van der Waals surface area contributed by atoms with Crippen molar-refractivity contribution >= 4 is 17.8 Å². The van der Waals surface area contributed by atoms with Gasteiger partial charge in [0.05, 0.1) is 0 Å². The molecule has 0 radical (unpaired) electrons. The van der Waals surface area contributed by atoms with E-state index in [9.17, 15) is 0 Å². The summed E-state index contributed by atoms with van der Waals surface area (Å²) in [6.45, 7) is 0. The van der Waals surface area contributed by atoms with Crippen LogP contribution in [0.3, 0.4) is 0 Å². The maximum atomic E-state index is 5.72. The van der Waals surface area contributed by atoms with E-state index in [1.807, 2.05) is 48.5 Å². The highest BCUT2D eigenvalue weighted by Crippen LogP contribution is 2.22. The van der Waals surface area contributed by atoms with Gasteiger partial charge in [-0.3, -0.25) is 0 Å². The molecule has 1 aromatic heterocycles. The molecule has 0 aliphatic carbocycles. The molecule has 0 fully saturated rings. The Labute approximate surface area is 100 Å². The summed E-state index contributed by atoms with van der Waals surface area (Å²) in [4.78, 5) is 0. The normalized spacial score (nSPS) is 11.1. The summed E-state index contributed by atoms with van der Waals surface area (Å²) >= 11 is 1.80. The maximum absolute atomic E-state index is 5.72. The van der Waals surface area contributed by atoms with Crippen LogP contribution < -0.4 is 0 Å². The van der Waals surface area contributed by atoms with Crippen molar-refractivity contribution in [1.29, 1.82) is 0 Å². The van der Waals surface area contributed by atoms with Crippen LogP contribution in [-0.2, 0) is 0 Å². The largest absolute Gasteiger partial charge is 0.457 e. The molecule has 1 aromatic carbocycles. The number of benzene rings is 1. The third kappa shape index (κ3) is 2.80. The van der Waals surface area contributed by atoms with Gasteiger partial charge in [0.15, 0.2) is 0 Å². The lowest BCUT2D eigenvalue weighted by Gasteiger charge is -1.94. The third-order valence-corrected chi connectivity index (χ3v) is 2.76. The highest BCUT2D eigenvalue weighted by molar-refractivity contribution is 7.98. The van der Waals surface area contributed by atoms with Crippen LogP contribution in [0.5, 0.6) is 0 Å². The third-order valence-electron chi connectivity index (χ3n) is 2.23. The Morgan fingerprint density at radius 1 is 1.12 bits per heavy atom. The molecule has 0 spiro atoms. The molecule has 0 aliphatic rings. The van der Waals surface area contributed by atoms with Gasteiger partial charge in [0.1, 0.15) is 11.5 Å². The number of thioether (sulfide) groups is 1. The van der Waals surface area contributed by atoms with Crippen LogP contribution in [0.4, 0.5) is 0 Å². The molecule has 2 heteroatoms. The van der Waals surface area contributed by atoms with Crippen LogP contribution in [0.2, 0.25) is 0 Å². The first-order valence-corrected chi connectivity index (χ1v) is 6.60. The lowest BCUT2D eigenvalue weighted by molar-refractivity contribution is 0.572. The summed E-state index contributed by atoms with van der Waals surface area (Å²) in [7, 11) is 0. The van der Waals surface area contributed by atoms with Gasteiger partial charge in [-0.2, -0.15) is 11.8 Å². The summed E-state index contributed by atoms with van der Waals surface area (Å²) < 4.78 is 5.72. The predicted molar refractivity (Wildman–Crippen MR) is 71.6 cm³/mol. The van der Waals surface area contributed by atoms with Crippen molar-refractivity contribution in [2.45, 2.75) is 0 Å². The Kier molecular flexibility index (Phi) is 3.89. The first-order chi connectivity index (χ1) is 7.90. The molecule has 16 heavy (non-hydrogen) atoms. The van der Waals surface area contributed by atoms with Crippen LogP contribution in [0.25, 0.3) is 17.4 Å². The smallest absolute Gasteiger partial charge is 0.134 e. The molecule has 2 aromatic rings. The van der Waals surface area contributed by atoms with E-state index in [2.05, 4.69) is 12.3 Å². The Morgan fingerprint density at radius 3 is 2.69 bits per heavy atom. The van der Waals surface area contributed by atoms with Crippen LogP contribution in [0, 0.1) is 0 Å². The molecular weight excluding hydrogens is 216 g/mol. The van der Waals surface area contributed by atoms with Crippen molar-refractivity contribution in [3.63, 3.8) is 0 Å². The van der Waals surface area contributed by atoms with E-state index < -0.39 is 0 Å². The first-order valence-electron chi connectivity index (χ1n) is 5.21. The molecule has 0 atom stereocenters. The van der Waals surface area contributed by atoms with Crippen molar-refractivity contribution < 1.29 is 4.42 Å². The minimum absolute atomic E-state index is 0.910. The zero-order valence-corrected chi connectivity index (χ0v) is 10.0. The van der Waals surface area contributed by atoms with Gasteiger partial charge in [-0.1, -0.05) is 36.4 Å². The predicted octanol–water partition coefficient (Wildman–Crippen LogP) is 4.32. The van der Waals surface area contributed by atoms with Crippen molar-refractivity contribution in [2.75, 3.05) is 12.0 Å². The van der Waals surface area contributed by atoms with Crippen LogP contribution in [0.1, 0.15) is 5.76 Å². The SMILES string of the molecule is CSC/C=C/c1ccc(-c2ccccc2)o1. The van der Waals surface area contributed by atoms with Gasteiger partial charge in [-0.25, -0.2) is 0 Å². The van der Waals surface area contributed by atoms with Gasteiger partial charge in [0, 0.05) is 11.3 Å². The number of rotatable bonds is 4. The molecule has 0 aliphatic heterocycles. The molecule has 2 rings (SSSR count). The van der Waals surface area contributed by atoms with Crippen molar-refractivity contribution in [1.82, 2.24) is 0 Å². The molecule has 1 heterocycles. The second-order valence-electron chi connectivity index (χ2n) is 3.43. The van der Waals surface area contributed by atoms with Crippen LogP contribution in [-0.4, -0.2) is 12.0 Å². The number of furan rings is 1. The minimum atomic E-state index is 0.910. The highest BCUT2D eigenvalue weighted by Gasteiger charge is 2.01. The fourth-order valence-electron chi connectivity index (χ4n) is 1.46. The monoisotopic (exact) mass is 230 g/mol. The van der Waals surface area contributed by atoms with E-state index >= 15 is 0 Å². The van der Waals surface area contributed by atoms with Gasteiger partial charge in [-0.15, -0.1) is 0 Å². The van der Waals surface area contributed by atoms with E-state index in [0.717, 1.165) is 22.8 Å². The van der Waals surface area contributed by atoms with Crippen molar-refractivity contribution in [2.24, 2.45) is 0 Å². The summed E-state index contributed by atoms with van der Waals surface area (Å²) in [5.41, 5.74) is 1.12. The molecule has 0 saturated heterocycles. The lowest BCUT2D eigenvalue weighted by Crippen LogP contribution is -1.70. The van der Waals surface area contributed by atoms with Gasteiger partial charge < -0.3 is 4.42 Å². The van der Waals surface area contributed by atoms with E-state index in [1.54, 1.807) is 11.8 Å². The van der Waals surface area contributed by atoms with E-state index in [0.29, 0.717) is 0 Å². The van der Waals surface area contributed by atoms with Crippen LogP contribution >= 0.6 is 11.8 Å². The molecule has 82 valence electrons. The van der Waals surface area contributed by atoms with E-state index in [-0.39, 0.29) is 0 Å². The van der Waals surface area contributed by atoms with Gasteiger partial charge in [-0.05, 0) is 24.5 Å². The quantitative estimate of drug-likeness (QED) is 0.775. The van der Waals surface area contributed by atoms with Crippen molar-refractivity contribution in [3.05, 3.63) is 54.3 Å². The summed E-state index contributed by atoms with van der Waals surface area (Å²) in [6, 6.07) is 14.1. The summed E-state index contributed by atoms with van der Waals surface area (Å²) in [5.74, 6) is 2.85. The Morgan fingerprint density at radius 2 is 1.94 bits per heavy atom. The minimum Gasteiger partial charge on any atom is -0.457 e. The zero-order valence-electron chi connectivity index (χ0n) is 9.22. The number of hydrogen-bond acceptors (Lipinski definition) is 2. The average Bonchev–Trinajstić information content (AvgIpc) is 2.79. The first kappa shape index (κ1) is 11.1. The molecule has 0 N–H and O–H groups in total. The molecular formula is C14H14OS. The second kappa shape index (κ2) is 5.61. The van der Waals surface area contributed by atoms with E-state index in [4.69, 9.17) is 4.42 Å². The van der Waals surface area contributed by atoms with Gasteiger partial charge >= 0.3 is 0 Å². The molecule has 0 unspecified atom stereocenters. The van der Waals surface area contributed by atoms with Gasteiger partial charge in [0.25, 0.3) is 0 Å². The van der Waals surface area contributed by atoms with Crippen molar-refractivity contribution in [3.8, 4) is 11.3 Å². The Hall–Kier alpha value is -1.41. The summed E-state index contributed by atoms with van der Waals surface area (Å²) in [6.07, 6.45) is 6.21. The highest BCUT2D eigenvalue weighted by atomic mass is 32.2. The molecule has 0 bridgehead atoms. The average molecular weight is 230 g/mol.